The molecule has 1 saturated carbocycles. The van der Waals surface area contributed by atoms with Gasteiger partial charge in [0, 0.05) is 51.9 Å². The van der Waals surface area contributed by atoms with Crippen LogP contribution in [0.3, 0.4) is 0 Å². The van der Waals surface area contributed by atoms with Gasteiger partial charge >= 0.3 is 0 Å². The Balaban J connectivity index is 1.22. The Kier molecular flexibility index (Phi) is 8.96. The summed E-state index contributed by atoms with van der Waals surface area (Å²) in [4.78, 5) is 23.7. The number of aromatic nitrogens is 3. The van der Waals surface area contributed by atoms with Gasteiger partial charge in [-0.1, -0.05) is 24.6 Å². The van der Waals surface area contributed by atoms with Gasteiger partial charge in [-0.25, -0.2) is 22.4 Å². The molecule has 242 valence electrons. The zero-order valence-electron chi connectivity index (χ0n) is 26.4. The third-order valence-electron chi connectivity index (χ3n) is 10.6. The van der Waals surface area contributed by atoms with Gasteiger partial charge in [0.25, 0.3) is 0 Å². The zero-order valence-corrected chi connectivity index (χ0v) is 27.3. The van der Waals surface area contributed by atoms with Crippen molar-refractivity contribution in [1.82, 2.24) is 24.0 Å². The number of ether oxygens (including phenoxy) is 1. The fraction of sp³-hybridized carbons (Fsp3) is 0.618. The minimum atomic E-state index is -3.77. The molecular formula is C34H46N6O4S. The number of rotatable bonds is 10. The number of methoxy groups -OCH3 is 1. The summed E-state index contributed by atoms with van der Waals surface area (Å²) in [6, 6.07) is 12.2. The molecule has 0 atom stereocenters. The van der Waals surface area contributed by atoms with Crippen LogP contribution in [0.5, 0.6) is 0 Å². The molecule has 3 saturated heterocycles. The lowest BCUT2D eigenvalue weighted by atomic mass is 9.81. The summed E-state index contributed by atoms with van der Waals surface area (Å²) in [7, 11) is -2.02. The van der Waals surface area contributed by atoms with Gasteiger partial charge in [-0.3, -0.25) is 4.79 Å². The minimum absolute atomic E-state index is 0.198. The standard InChI is InChI=1S/C34H46N6O4S/c1-44-23-25-12-18-38(19-13-25)30-22-29(31(41)24-45(42,43)39-20-14-27(15-21-39)37-16-5-6-17-37)35-34-32(30)33(26-8-7-9-26)36-40(34)28-10-3-2-4-11-28/h2-4,10-11,22,25-27H,5-9,12-21,23-24H2,1H3. The number of pyridine rings is 1. The lowest BCUT2D eigenvalue weighted by molar-refractivity contribution is 0.101. The monoisotopic (exact) mass is 634 g/mol. The van der Waals surface area contributed by atoms with Crippen molar-refractivity contribution in [3.8, 4) is 5.69 Å². The number of ketones is 1. The topological polar surface area (TPSA) is 101 Å². The van der Waals surface area contributed by atoms with Crippen molar-refractivity contribution in [2.45, 2.75) is 69.7 Å². The van der Waals surface area contributed by atoms with Crippen LogP contribution in [0, 0.1) is 5.92 Å². The van der Waals surface area contributed by atoms with Crippen molar-refractivity contribution in [3.63, 3.8) is 0 Å². The number of Topliss-reactive ketones (excluding diaryl/α,β-unsaturated/α-hetero) is 1. The fourth-order valence-electron chi connectivity index (χ4n) is 7.73. The molecule has 0 radical (unpaired) electrons. The maximum atomic E-state index is 13.9. The Bertz CT molecular complexity index is 1600. The van der Waals surface area contributed by atoms with Crippen LogP contribution in [0.1, 0.15) is 79.9 Å². The smallest absolute Gasteiger partial charge is 0.221 e. The molecule has 45 heavy (non-hydrogen) atoms. The summed E-state index contributed by atoms with van der Waals surface area (Å²) in [5, 5.41) is 6.13. The first-order valence-corrected chi connectivity index (χ1v) is 18.5. The summed E-state index contributed by atoms with van der Waals surface area (Å²) < 4.78 is 36.0. The van der Waals surface area contributed by atoms with Crippen LogP contribution < -0.4 is 4.90 Å². The van der Waals surface area contributed by atoms with E-state index in [0.717, 1.165) is 93.8 Å². The van der Waals surface area contributed by atoms with Crippen LogP contribution in [-0.4, -0.2) is 103 Å². The molecule has 1 aliphatic carbocycles. The third-order valence-corrected chi connectivity index (χ3v) is 12.3. The van der Waals surface area contributed by atoms with Gasteiger partial charge in [-0.05, 0) is 88.6 Å². The van der Waals surface area contributed by atoms with E-state index in [1.807, 2.05) is 41.1 Å². The number of hydrogen-bond donors (Lipinski definition) is 0. The molecule has 11 heteroatoms. The highest BCUT2D eigenvalue weighted by Gasteiger charge is 2.35. The number of benzene rings is 1. The number of likely N-dealkylation sites (tertiary alicyclic amines) is 1. The molecule has 0 bridgehead atoms. The number of hydrogen-bond acceptors (Lipinski definition) is 8. The van der Waals surface area contributed by atoms with E-state index in [0.29, 0.717) is 36.6 Å². The highest BCUT2D eigenvalue weighted by atomic mass is 32.2. The summed E-state index contributed by atoms with van der Waals surface area (Å²) >= 11 is 0. The van der Waals surface area contributed by atoms with Crippen LogP contribution >= 0.6 is 0 Å². The summed E-state index contributed by atoms with van der Waals surface area (Å²) in [5.74, 6) is -0.165. The predicted octanol–water partition coefficient (Wildman–Crippen LogP) is 4.62. The predicted molar refractivity (Wildman–Crippen MR) is 176 cm³/mol. The number of para-hydroxylation sites is 1. The van der Waals surface area contributed by atoms with Crippen molar-refractivity contribution in [1.29, 1.82) is 0 Å². The lowest BCUT2D eigenvalue weighted by Gasteiger charge is -2.36. The average molecular weight is 635 g/mol. The number of sulfonamides is 1. The van der Waals surface area contributed by atoms with Crippen molar-refractivity contribution in [2.75, 3.05) is 63.6 Å². The van der Waals surface area contributed by atoms with E-state index < -0.39 is 21.6 Å². The number of carbonyl (C=O) groups excluding carboxylic acids is 1. The molecule has 5 heterocycles. The Morgan fingerprint density at radius 3 is 2.27 bits per heavy atom. The Hall–Kier alpha value is -2.86. The first-order valence-electron chi connectivity index (χ1n) is 16.9. The maximum Gasteiger partial charge on any atom is 0.221 e. The number of fused-ring (bicyclic) bond motifs is 1. The molecule has 0 spiro atoms. The number of carbonyl (C=O) groups is 1. The van der Waals surface area contributed by atoms with Crippen molar-refractivity contribution in [3.05, 3.63) is 47.8 Å². The highest BCUT2D eigenvalue weighted by Crippen LogP contribution is 2.43. The zero-order chi connectivity index (χ0) is 31.0. The summed E-state index contributed by atoms with van der Waals surface area (Å²) in [6.07, 6.45) is 9.43. The van der Waals surface area contributed by atoms with E-state index in [9.17, 15) is 13.2 Å². The molecule has 10 nitrogen and oxygen atoms in total. The van der Waals surface area contributed by atoms with E-state index in [1.165, 1.54) is 23.6 Å². The molecule has 4 fully saturated rings. The Morgan fingerprint density at radius 1 is 0.911 bits per heavy atom. The summed E-state index contributed by atoms with van der Waals surface area (Å²) in [5.41, 5.74) is 3.70. The van der Waals surface area contributed by atoms with Crippen LogP contribution in [0.15, 0.2) is 36.4 Å². The van der Waals surface area contributed by atoms with Crippen molar-refractivity contribution in [2.24, 2.45) is 5.92 Å². The first-order chi connectivity index (χ1) is 21.9. The number of nitrogens with zero attached hydrogens (tertiary/aromatic N) is 6. The van der Waals surface area contributed by atoms with Crippen LogP contribution in [0.4, 0.5) is 5.69 Å². The van der Waals surface area contributed by atoms with Gasteiger partial charge < -0.3 is 14.5 Å². The molecule has 4 aliphatic rings. The molecule has 0 unspecified atom stereocenters. The molecule has 0 N–H and O–H groups in total. The lowest BCUT2D eigenvalue weighted by Crippen LogP contribution is -2.47. The van der Waals surface area contributed by atoms with Crippen LogP contribution in [-0.2, 0) is 14.8 Å². The van der Waals surface area contributed by atoms with Crippen molar-refractivity contribution < 1.29 is 17.9 Å². The van der Waals surface area contributed by atoms with E-state index in [1.54, 1.807) is 7.11 Å². The average Bonchev–Trinajstić information content (AvgIpc) is 3.70. The summed E-state index contributed by atoms with van der Waals surface area (Å²) in [6.45, 7) is 5.58. The number of piperidine rings is 2. The second kappa shape index (κ2) is 13.1. The second-order valence-corrected chi connectivity index (χ2v) is 15.4. The molecular weight excluding hydrogens is 588 g/mol. The molecule has 0 amide bonds. The third kappa shape index (κ3) is 6.28. The molecule has 2 aromatic heterocycles. The normalized spacial score (nSPS) is 21.5. The minimum Gasteiger partial charge on any atom is -0.384 e. The highest BCUT2D eigenvalue weighted by molar-refractivity contribution is 7.89. The van der Waals surface area contributed by atoms with Crippen LogP contribution in [0.2, 0.25) is 0 Å². The van der Waals surface area contributed by atoms with Gasteiger partial charge in [-0.15, -0.1) is 0 Å². The molecule has 1 aromatic carbocycles. The Morgan fingerprint density at radius 2 is 1.62 bits per heavy atom. The molecule has 3 aliphatic heterocycles. The Labute approximate surface area is 266 Å². The fourth-order valence-corrected chi connectivity index (χ4v) is 9.16. The molecule has 3 aromatic rings. The van der Waals surface area contributed by atoms with E-state index in [4.69, 9.17) is 14.8 Å². The SMILES string of the molecule is COCC1CCN(c2cc(C(=O)CS(=O)(=O)N3CCC(N4CCCC4)CC3)nc3c2c(C2CCC2)nn3-c2ccccc2)CC1. The maximum absolute atomic E-state index is 13.9. The van der Waals surface area contributed by atoms with Gasteiger partial charge in [0.05, 0.1) is 22.5 Å². The molecule has 7 rings (SSSR count). The van der Waals surface area contributed by atoms with E-state index in [-0.39, 0.29) is 5.69 Å². The van der Waals surface area contributed by atoms with Crippen molar-refractivity contribution >= 4 is 32.5 Å². The van der Waals surface area contributed by atoms with E-state index >= 15 is 0 Å². The largest absolute Gasteiger partial charge is 0.384 e. The van der Waals surface area contributed by atoms with Gasteiger partial charge in [0.1, 0.15) is 11.4 Å². The van der Waals surface area contributed by atoms with E-state index in [2.05, 4.69) is 9.80 Å². The van der Waals surface area contributed by atoms with Gasteiger partial charge in [0.15, 0.2) is 11.4 Å². The van der Waals surface area contributed by atoms with Gasteiger partial charge in [-0.2, -0.15) is 5.10 Å². The second-order valence-electron chi connectivity index (χ2n) is 13.4. The first kappa shape index (κ1) is 30.8. The van der Waals surface area contributed by atoms with Crippen LogP contribution in [0.25, 0.3) is 16.7 Å². The van der Waals surface area contributed by atoms with Gasteiger partial charge in [0.2, 0.25) is 10.0 Å². The quantitative estimate of drug-likeness (QED) is 0.298. The number of anilines is 1.